The molecule has 1 aliphatic carbocycles. The highest BCUT2D eigenvalue weighted by molar-refractivity contribution is 6.30. The van der Waals surface area contributed by atoms with Gasteiger partial charge in [0.25, 0.3) is 0 Å². The third-order valence-electron chi connectivity index (χ3n) is 6.16. The average molecular weight is 466 g/mol. The van der Waals surface area contributed by atoms with Crippen LogP contribution in [0, 0.1) is 5.92 Å². The zero-order chi connectivity index (χ0) is 23.7. The third kappa shape index (κ3) is 4.83. The fraction of sp³-hybridized carbons (Fsp3) is 0.333. The largest absolute Gasteiger partial charge is 0.508 e. The molecule has 0 saturated carbocycles. The number of ketones is 1. The van der Waals surface area contributed by atoms with Gasteiger partial charge in [-0.2, -0.15) is 0 Å². The molecular weight excluding hydrogens is 438 g/mol. The Balaban J connectivity index is 1.75. The number of hydrogen-bond donors (Lipinski definition) is 2. The molecule has 2 aliphatic rings. The monoisotopic (exact) mass is 465 g/mol. The van der Waals surface area contributed by atoms with Gasteiger partial charge in [0.05, 0.1) is 12.2 Å². The smallest absolute Gasteiger partial charge is 0.336 e. The molecular formula is C27H28ClNO4. The summed E-state index contributed by atoms with van der Waals surface area (Å²) in [6, 6.07) is 14.3. The summed E-state index contributed by atoms with van der Waals surface area (Å²) in [6.07, 6.45) is 1.01. The first-order valence-electron chi connectivity index (χ1n) is 11.2. The molecule has 0 bridgehead atoms. The van der Waals surface area contributed by atoms with E-state index in [4.69, 9.17) is 16.3 Å². The first kappa shape index (κ1) is 23.1. The summed E-state index contributed by atoms with van der Waals surface area (Å²) in [5.41, 5.74) is 4.40. The first-order valence-corrected chi connectivity index (χ1v) is 11.6. The van der Waals surface area contributed by atoms with Crippen LogP contribution in [0.4, 0.5) is 0 Å². The van der Waals surface area contributed by atoms with Crippen LogP contribution in [0.5, 0.6) is 5.75 Å². The lowest BCUT2D eigenvalue weighted by molar-refractivity contribution is -0.140. The van der Waals surface area contributed by atoms with E-state index in [2.05, 4.69) is 5.32 Å². The molecule has 2 aromatic rings. The summed E-state index contributed by atoms with van der Waals surface area (Å²) in [6.45, 7) is 6.11. The molecule has 2 N–H and O–H groups in total. The molecule has 1 heterocycles. The van der Waals surface area contributed by atoms with Gasteiger partial charge in [-0.1, -0.05) is 49.7 Å². The number of aromatic hydroxyl groups is 1. The Morgan fingerprint density at radius 1 is 1.09 bits per heavy atom. The van der Waals surface area contributed by atoms with Crippen molar-refractivity contribution in [3.05, 3.63) is 87.2 Å². The minimum atomic E-state index is -0.541. The Bertz CT molecular complexity index is 1130. The summed E-state index contributed by atoms with van der Waals surface area (Å²) in [4.78, 5) is 26.7. The van der Waals surface area contributed by atoms with Gasteiger partial charge in [-0.05, 0) is 60.6 Å². The molecule has 33 heavy (non-hydrogen) atoms. The fourth-order valence-electron chi connectivity index (χ4n) is 4.60. The number of dihydropyridines is 1. The van der Waals surface area contributed by atoms with Crippen molar-refractivity contribution < 1.29 is 19.4 Å². The van der Waals surface area contributed by atoms with E-state index in [0.29, 0.717) is 41.3 Å². The summed E-state index contributed by atoms with van der Waals surface area (Å²) in [5.74, 6) is -0.604. The zero-order valence-corrected chi connectivity index (χ0v) is 19.8. The Hall–Kier alpha value is -3.05. The maximum absolute atomic E-state index is 13.5. The van der Waals surface area contributed by atoms with E-state index in [9.17, 15) is 14.7 Å². The molecule has 2 atom stereocenters. The lowest BCUT2D eigenvalue weighted by Gasteiger charge is -2.36. The number of rotatable bonds is 5. The molecule has 0 radical (unpaired) electrons. The van der Waals surface area contributed by atoms with Gasteiger partial charge in [-0.3, -0.25) is 4.79 Å². The molecule has 0 spiro atoms. The number of allylic oxidation sites excluding steroid dienone is 3. The van der Waals surface area contributed by atoms with Crippen LogP contribution in [0.1, 0.15) is 56.6 Å². The van der Waals surface area contributed by atoms with E-state index in [1.165, 1.54) is 0 Å². The number of carbonyl (C=O) groups excluding carboxylic acids is 2. The minimum Gasteiger partial charge on any atom is -0.508 e. The predicted octanol–water partition coefficient (Wildman–Crippen LogP) is 5.61. The number of carbonyl (C=O) groups is 2. The van der Waals surface area contributed by atoms with E-state index in [1.807, 2.05) is 45.0 Å². The summed E-state index contributed by atoms with van der Waals surface area (Å²) < 4.78 is 5.57. The van der Waals surface area contributed by atoms with Crippen molar-refractivity contribution in [3.63, 3.8) is 0 Å². The Morgan fingerprint density at radius 2 is 1.73 bits per heavy atom. The van der Waals surface area contributed by atoms with Gasteiger partial charge in [-0.25, -0.2) is 4.79 Å². The van der Waals surface area contributed by atoms with Gasteiger partial charge in [0.2, 0.25) is 0 Å². The van der Waals surface area contributed by atoms with Crippen LogP contribution in [0.25, 0.3) is 0 Å². The van der Waals surface area contributed by atoms with Crippen LogP contribution in [0.2, 0.25) is 5.02 Å². The molecule has 2 aromatic carbocycles. The van der Waals surface area contributed by atoms with E-state index in [-0.39, 0.29) is 23.4 Å². The van der Waals surface area contributed by atoms with Gasteiger partial charge in [-0.15, -0.1) is 0 Å². The highest BCUT2D eigenvalue weighted by atomic mass is 35.5. The standard InChI is InChI=1S/C27H28ClNO4/c1-15(2)14-33-27(32)24-16(3)29-22-12-19(17-4-8-20(28)9-5-17)13-23(31)26(22)25(24)18-6-10-21(30)11-7-18/h4-11,15,19,25,29-30H,12-14H2,1-3H3/t19-,25+/m1/s1. The van der Waals surface area contributed by atoms with E-state index in [1.54, 1.807) is 24.3 Å². The molecule has 1 aliphatic heterocycles. The summed E-state index contributed by atoms with van der Waals surface area (Å²) in [7, 11) is 0. The molecule has 6 heteroatoms. The van der Waals surface area contributed by atoms with Crippen LogP contribution in [0.3, 0.4) is 0 Å². The number of phenols is 1. The van der Waals surface area contributed by atoms with Crippen molar-refractivity contribution >= 4 is 23.4 Å². The molecule has 0 saturated heterocycles. The SMILES string of the molecule is CC1=C(C(=O)OCC(C)C)[C@H](c2ccc(O)cc2)C2=C(C[C@@H](c3ccc(Cl)cc3)CC2=O)N1. The van der Waals surface area contributed by atoms with Gasteiger partial charge in [0.1, 0.15) is 5.75 Å². The zero-order valence-electron chi connectivity index (χ0n) is 19.0. The molecule has 5 nitrogen and oxygen atoms in total. The number of nitrogens with one attached hydrogen (secondary N) is 1. The van der Waals surface area contributed by atoms with Crippen molar-refractivity contribution in [3.8, 4) is 5.75 Å². The second-order valence-electron chi connectivity index (χ2n) is 9.15. The van der Waals surface area contributed by atoms with Crippen LogP contribution in [0.15, 0.2) is 71.1 Å². The number of phenolic OH excluding ortho intramolecular Hbond substituents is 1. The van der Waals surface area contributed by atoms with Crippen molar-refractivity contribution in [2.75, 3.05) is 6.61 Å². The molecule has 0 amide bonds. The minimum absolute atomic E-state index is 0.00318. The molecule has 0 aromatic heterocycles. The molecule has 0 fully saturated rings. The Labute approximate surface area is 199 Å². The number of benzene rings is 2. The molecule has 172 valence electrons. The number of esters is 1. The first-order chi connectivity index (χ1) is 15.7. The fourth-order valence-corrected chi connectivity index (χ4v) is 4.73. The maximum Gasteiger partial charge on any atom is 0.336 e. The number of halogens is 1. The average Bonchev–Trinajstić information content (AvgIpc) is 2.77. The van der Waals surface area contributed by atoms with Crippen molar-refractivity contribution in [1.29, 1.82) is 0 Å². The summed E-state index contributed by atoms with van der Waals surface area (Å²) >= 11 is 6.04. The van der Waals surface area contributed by atoms with Crippen LogP contribution >= 0.6 is 11.6 Å². The molecule has 0 unspecified atom stereocenters. The predicted molar refractivity (Wildman–Crippen MR) is 128 cm³/mol. The second kappa shape index (κ2) is 9.44. The number of ether oxygens (including phenoxy) is 1. The highest BCUT2D eigenvalue weighted by Gasteiger charge is 2.41. The second-order valence-corrected chi connectivity index (χ2v) is 9.59. The van der Waals surface area contributed by atoms with Crippen LogP contribution < -0.4 is 5.32 Å². The van der Waals surface area contributed by atoms with Gasteiger partial charge < -0.3 is 15.2 Å². The lowest BCUT2D eigenvalue weighted by atomic mass is 9.71. The lowest BCUT2D eigenvalue weighted by Crippen LogP contribution is -2.36. The van der Waals surface area contributed by atoms with E-state index < -0.39 is 11.9 Å². The highest BCUT2D eigenvalue weighted by Crippen LogP contribution is 2.46. The number of hydrogen-bond acceptors (Lipinski definition) is 5. The van der Waals surface area contributed by atoms with Crippen molar-refractivity contribution in [2.45, 2.75) is 45.4 Å². The van der Waals surface area contributed by atoms with Crippen molar-refractivity contribution in [2.24, 2.45) is 5.92 Å². The topological polar surface area (TPSA) is 75.6 Å². The Morgan fingerprint density at radius 3 is 2.36 bits per heavy atom. The van der Waals surface area contributed by atoms with Crippen LogP contribution in [-0.2, 0) is 14.3 Å². The van der Waals surface area contributed by atoms with Crippen LogP contribution in [-0.4, -0.2) is 23.5 Å². The van der Waals surface area contributed by atoms with E-state index >= 15 is 0 Å². The quantitative estimate of drug-likeness (QED) is 0.561. The maximum atomic E-state index is 13.5. The Kier molecular flexibility index (Phi) is 6.61. The third-order valence-corrected chi connectivity index (χ3v) is 6.42. The van der Waals surface area contributed by atoms with Gasteiger partial charge >= 0.3 is 5.97 Å². The van der Waals surface area contributed by atoms with Gasteiger partial charge in [0, 0.05) is 34.3 Å². The summed E-state index contributed by atoms with van der Waals surface area (Å²) in [5, 5.41) is 13.8. The normalized spacial score (nSPS) is 20.6. The van der Waals surface area contributed by atoms with Crippen molar-refractivity contribution in [1.82, 2.24) is 5.32 Å². The molecule has 4 rings (SSSR count). The number of Topliss-reactive ketones (excluding diaryl/α,β-unsaturated/α-hetero) is 1. The van der Waals surface area contributed by atoms with E-state index in [0.717, 1.165) is 16.8 Å². The van der Waals surface area contributed by atoms with Gasteiger partial charge in [0.15, 0.2) is 5.78 Å².